The Morgan fingerprint density at radius 3 is 1.85 bits per heavy atom. The number of aromatic nitrogens is 1. The van der Waals surface area contributed by atoms with E-state index < -0.39 is 0 Å². The van der Waals surface area contributed by atoms with Crippen LogP contribution in [-0.4, -0.2) is 4.57 Å². The monoisotopic (exact) mass is 565 g/mol. The summed E-state index contributed by atoms with van der Waals surface area (Å²) in [5, 5.41) is 0. The van der Waals surface area contributed by atoms with Crippen LogP contribution in [-0.2, 0) is 25.8 Å². The van der Waals surface area contributed by atoms with E-state index >= 15 is 0 Å². The Labute approximate surface area is 194 Å². The Morgan fingerprint density at radius 1 is 0.852 bits per heavy atom. The largest absolute Gasteiger partial charge is 4.00 e. The zero-order valence-corrected chi connectivity index (χ0v) is 21.6. The molecule has 0 N–H and O–H groups in total. The van der Waals surface area contributed by atoms with Crippen LogP contribution in [0.2, 0.25) is 0 Å². The van der Waals surface area contributed by atoms with Gasteiger partial charge in [0.25, 0.3) is 0 Å². The van der Waals surface area contributed by atoms with Crippen molar-refractivity contribution in [1.29, 1.82) is 0 Å². The predicted octanol–water partition coefficient (Wildman–Crippen LogP) is -0.139. The van der Waals surface area contributed by atoms with Crippen molar-refractivity contribution in [2.24, 2.45) is 0 Å². The Kier molecular flexibility index (Phi) is 10.7. The molecule has 0 radical (unpaired) electrons. The van der Waals surface area contributed by atoms with Crippen LogP contribution in [0.4, 0.5) is 0 Å². The van der Waals surface area contributed by atoms with Crippen molar-refractivity contribution in [1.82, 2.24) is 4.57 Å². The number of rotatable bonds is 1. The van der Waals surface area contributed by atoms with Crippen molar-refractivity contribution in [3.05, 3.63) is 93.8 Å². The van der Waals surface area contributed by atoms with Crippen molar-refractivity contribution < 1.29 is 50.7 Å². The van der Waals surface area contributed by atoms with Crippen LogP contribution >= 0.6 is 0 Å². The van der Waals surface area contributed by atoms with Crippen LogP contribution in [0.25, 0.3) is 6.08 Å². The van der Waals surface area contributed by atoms with Gasteiger partial charge in [-0.05, 0) is 18.2 Å². The number of benzene rings is 1. The molecule has 1 aromatic heterocycles. The second kappa shape index (κ2) is 11.1. The smallest absolute Gasteiger partial charge is 1.00 e. The Morgan fingerprint density at radius 2 is 1.37 bits per heavy atom. The predicted molar refractivity (Wildman–Crippen MR) is 102 cm³/mol. The summed E-state index contributed by atoms with van der Waals surface area (Å²) in [6.45, 7) is 11.0. The quantitative estimate of drug-likeness (QED) is 0.287. The third-order valence-corrected chi connectivity index (χ3v) is 5.43. The molecule has 1 aliphatic carbocycles. The van der Waals surface area contributed by atoms with Gasteiger partial charge in [-0.2, -0.15) is 33.4 Å². The Balaban J connectivity index is 0.000000473. The van der Waals surface area contributed by atoms with Gasteiger partial charge in [0.2, 0.25) is 0 Å². The van der Waals surface area contributed by atoms with Crippen molar-refractivity contribution in [3.63, 3.8) is 0 Å². The second-order valence-corrected chi connectivity index (χ2v) is 6.60. The molecule has 140 valence electrons. The summed E-state index contributed by atoms with van der Waals surface area (Å²) in [4.78, 5) is 0. The fourth-order valence-corrected chi connectivity index (χ4v) is 3.32. The molecule has 0 saturated carbocycles. The fourth-order valence-electron chi connectivity index (χ4n) is 3.32. The van der Waals surface area contributed by atoms with Crippen LogP contribution in [0.1, 0.15) is 45.0 Å². The van der Waals surface area contributed by atoms with Gasteiger partial charge >= 0.3 is 25.8 Å². The van der Waals surface area contributed by atoms with E-state index in [0.717, 1.165) is 0 Å². The average Bonchev–Trinajstić information content (AvgIpc) is 3.30. The third kappa shape index (κ3) is 5.31. The van der Waals surface area contributed by atoms with E-state index in [1.54, 1.807) is 0 Å². The molecule has 1 atom stereocenters. The van der Waals surface area contributed by atoms with Gasteiger partial charge < -0.3 is 29.4 Å². The standard InChI is InChI=1S/C13H10N.C10H15.2ClH.Hf/c1-2-6-12-11(5-1)7-8-13(12)14-9-3-4-10-14;1-6-7(2)9(4)10(5)8(6)3;;;/h1-7,9-10,13H;1-5H3;2*1H;/q2*-1;;;+4/p-2. The molecule has 0 spiro atoms. The second-order valence-electron chi connectivity index (χ2n) is 6.60. The molecule has 1 nitrogen and oxygen atoms in total. The van der Waals surface area contributed by atoms with Gasteiger partial charge in [0, 0.05) is 12.4 Å². The van der Waals surface area contributed by atoms with Gasteiger partial charge in [-0.15, -0.1) is 11.6 Å². The molecule has 0 bridgehead atoms. The summed E-state index contributed by atoms with van der Waals surface area (Å²) in [6.07, 6.45) is 9.59. The minimum absolute atomic E-state index is 0. The maximum atomic E-state index is 3.36. The molecule has 1 unspecified atom stereocenters. The van der Waals surface area contributed by atoms with E-state index in [1.807, 2.05) is 12.1 Å². The van der Waals surface area contributed by atoms with E-state index in [-0.39, 0.29) is 56.7 Å². The van der Waals surface area contributed by atoms with E-state index in [1.165, 1.54) is 38.9 Å². The molecule has 0 aliphatic heterocycles. The molecule has 2 aromatic carbocycles. The number of allylic oxidation sites excluding steroid dienone is 1. The van der Waals surface area contributed by atoms with Crippen LogP contribution in [0.3, 0.4) is 0 Å². The van der Waals surface area contributed by atoms with Gasteiger partial charge in [0.15, 0.2) is 0 Å². The van der Waals surface area contributed by atoms with Crippen LogP contribution in [0.5, 0.6) is 0 Å². The first kappa shape index (κ1) is 26.0. The molecule has 0 saturated heterocycles. The molecule has 4 rings (SSSR count). The third-order valence-electron chi connectivity index (χ3n) is 5.43. The van der Waals surface area contributed by atoms with Gasteiger partial charge in [-0.1, -0.05) is 52.8 Å². The normalized spacial score (nSPS) is 13.4. The number of hydrogen-bond acceptors (Lipinski definition) is 0. The number of halogens is 2. The maximum Gasteiger partial charge on any atom is 4.00 e. The molecule has 1 aliphatic rings. The van der Waals surface area contributed by atoms with Gasteiger partial charge in [-0.25, -0.2) is 12.2 Å². The first-order valence-corrected chi connectivity index (χ1v) is 8.51. The SMILES string of the molecule is Cc1c(C)c(C)[c-](C)c1C.[C-]1=Cc2ccccc2C1n1cccc1.[Cl-].[Cl-].[Hf+4]. The summed E-state index contributed by atoms with van der Waals surface area (Å²) in [7, 11) is 0. The van der Waals surface area contributed by atoms with E-state index in [2.05, 4.69) is 88.0 Å². The van der Waals surface area contributed by atoms with E-state index in [0.29, 0.717) is 0 Å². The van der Waals surface area contributed by atoms with Crippen molar-refractivity contribution >= 4 is 6.08 Å². The topological polar surface area (TPSA) is 4.93 Å². The Hall–Kier alpha value is -0.960. The molecular formula is C23H25Cl2HfN. The zero-order valence-electron chi connectivity index (χ0n) is 16.5. The Bertz CT molecular complexity index is 796. The summed E-state index contributed by atoms with van der Waals surface area (Å²) < 4.78 is 2.17. The van der Waals surface area contributed by atoms with Crippen LogP contribution < -0.4 is 24.8 Å². The molecule has 4 heteroatoms. The van der Waals surface area contributed by atoms with Crippen LogP contribution in [0.15, 0.2) is 48.8 Å². The molecule has 27 heavy (non-hydrogen) atoms. The first-order valence-electron chi connectivity index (χ1n) is 8.51. The number of hydrogen-bond donors (Lipinski definition) is 0. The van der Waals surface area contributed by atoms with Crippen molar-refractivity contribution in [3.8, 4) is 0 Å². The van der Waals surface area contributed by atoms with E-state index in [9.17, 15) is 0 Å². The van der Waals surface area contributed by atoms with Crippen LogP contribution in [0, 0.1) is 40.7 Å². The molecule has 0 amide bonds. The minimum Gasteiger partial charge on any atom is -1.00 e. The van der Waals surface area contributed by atoms with E-state index in [4.69, 9.17) is 0 Å². The fraction of sp³-hybridized carbons (Fsp3) is 0.261. The number of nitrogens with zero attached hydrogens (tertiary/aromatic N) is 1. The van der Waals surface area contributed by atoms with Crippen molar-refractivity contribution in [2.45, 2.75) is 40.7 Å². The zero-order chi connectivity index (χ0) is 17.3. The van der Waals surface area contributed by atoms with Gasteiger partial charge in [0.1, 0.15) is 0 Å². The summed E-state index contributed by atoms with van der Waals surface area (Å²) in [6, 6.07) is 12.8. The van der Waals surface area contributed by atoms with Gasteiger partial charge in [-0.3, -0.25) is 0 Å². The summed E-state index contributed by atoms with van der Waals surface area (Å²) in [5.74, 6) is 0. The maximum absolute atomic E-state index is 3.36. The number of fused-ring (bicyclic) bond motifs is 1. The molecule has 0 fully saturated rings. The minimum atomic E-state index is 0. The first-order chi connectivity index (χ1) is 11.5. The van der Waals surface area contributed by atoms with Crippen molar-refractivity contribution in [2.75, 3.05) is 0 Å². The average molecular weight is 565 g/mol. The molecule has 3 aromatic rings. The van der Waals surface area contributed by atoms with Gasteiger partial charge in [0.05, 0.1) is 0 Å². The summed E-state index contributed by atoms with van der Waals surface area (Å²) in [5.41, 5.74) is 9.96. The molecule has 1 heterocycles. The summed E-state index contributed by atoms with van der Waals surface area (Å²) >= 11 is 0. The molecular weight excluding hydrogens is 540 g/mol.